The standard InChI is InChI=1S/C10H13NO4/c1-6-4-7(2-3-8(6)12)9(13)5-11-10(14)15/h2-4,9,11-13H,5H2,1H3,(H,14,15). The topological polar surface area (TPSA) is 89.8 Å². The molecule has 1 atom stereocenters. The number of carboxylic acid groups (broad SMARTS) is 1. The molecule has 1 aromatic rings. The molecule has 0 bridgehead atoms. The summed E-state index contributed by atoms with van der Waals surface area (Å²) in [6.07, 6.45) is -2.08. The van der Waals surface area contributed by atoms with E-state index >= 15 is 0 Å². The molecule has 1 amide bonds. The van der Waals surface area contributed by atoms with Crippen molar-refractivity contribution in [1.29, 1.82) is 0 Å². The van der Waals surface area contributed by atoms with Gasteiger partial charge in [0.15, 0.2) is 0 Å². The van der Waals surface area contributed by atoms with Gasteiger partial charge in [0.2, 0.25) is 0 Å². The van der Waals surface area contributed by atoms with Crippen molar-refractivity contribution in [1.82, 2.24) is 5.32 Å². The molecule has 15 heavy (non-hydrogen) atoms. The summed E-state index contributed by atoms with van der Waals surface area (Å²) in [6, 6.07) is 4.63. The maximum Gasteiger partial charge on any atom is 0.404 e. The Bertz CT molecular complexity index is 364. The van der Waals surface area contributed by atoms with Gasteiger partial charge in [0.25, 0.3) is 0 Å². The first kappa shape index (κ1) is 11.3. The number of phenolic OH excluding ortho intramolecular Hbond substituents is 1. The van der Waals surface area contributed by atoms with Gasteiger partial charge >= 0.3 is 6.09 Å². The molecule has 0 fully saturated rings. The van der Waals surface area contributed by atoms with Crippen LogP contribution in [0.1, 0.15) is 17.2 Å². The van der Waals surface area contributed by atoms with E-state index in [1.165, 1.54) is 6.07 Å². The molecule has 5 nitrogen and oxygen atoms in total. The lowest BCUT2D eigenvalue weighted by Crippen LogP contribution is -2.26. The number of carbonyl (C=O) groups is 1. The summed E-state index contributed by atoms with van der Waals surface area (Å²) in [5, 5.41) is 29.3. The smallest absolute Gasteiger partial charge is 0.404 e. The summed E-state index contributed by atoms with van der Waals surface area (Å²) in [6.45, 7) is 1.63. The lowest BCUT2D eigenvalue weighted by atomic mass is 10.1. The quantitative estimate of drug-likeness (QED) is 0.600. The zero-order chi connectivity index (χ0) is 11.4. The number of amides is 1. The van der Waals surface area contributed by atoms with Crippen LogP contribution in [0.3, 0.4) is 0 Å². The van der Waals surface area contributed by atoms with Crippen LogP contribution in [0.2, 0.25) is 0 Å². The van der Waals surface area contributed by atoms with Gasteiger partial charge < -0.3 is 20.6 Å². The lowest BCUT2D eigenvalue weighted by Gasteiger charge is -2.11. The average Bonchev–Trinajstić information content (AvgIpc) is 2.18. The van der Waals surface area contributed by atoms with Crippen LogP contribution < -0.4 is 5.32 Å². The molecule has 5 heteroatoms. The second-order valence-electron chi connectivity index (χ2n) is 3.25. The number of phenols is 1. The maximum absolute atomic E-state index is 10.2. The molecule has 0 saturated carbocycles. The van der Waals surface area contributed by atoms with Gasteiger partial charge in [-0.1, -0.05) is 6.07 Å². The number of hydrogen-bond donors (Lipinski definition) is 4. The molecule has 0 saturated heterocycles. The molecule has 0 aliphatic heterocycles. The van der Waals surface area contributed by atoms with E-state index in [1.54, 1.807) is 19.1 Å². The Kier molecular flexibility index (Phi) is 3.51. The number of benzene rings is 1. The third kappa shape index (κ3) is 3.14. The highest BCUT2D eigenvalue weighted by atomic mass is 16.4. The first-order chi connectivity index (χ1) is 7.00. The van der Waals surface area contributed by atoms with E-state index in [1.807, 2.05) is 0 Å². The van der Waals surface area contributed by atoms with Crippen LogP contribution in [-0.4, -0.2) is 28.0 Å². The predicted molar refractivity (Wildman–Crippen MR) is 53.8 cm³/mol. The summed E-state index contributed by atoms with van der Waals surface area (Å²) >= 11 is 0. The van der Waals surface area contributed by atoms with Crippen LogP contribution >= 0.6 is 0 Å². The van der Waals surface area contributed by atoms with E-state index in [2.05, 4.69) is 5.32 Å². The number of aliphatic hydroxyl groups excluding tert-OH is 1. The molecule has 0 aliphatic rings. The van der Waals surface area contributed by atoms with Gasteiger partial charge in [0.05, 0.1) is 12.6 Å². The second-order valence-corrected chi connectivity index (χ2v) is 3.25. The molecular weight excluding hydrogens is 198 g/mol. The molecule has 0 heterocycles. The van der Waals surface area contributed by atoms with Gasteiger partial charge in [0.1, 0.15) is 5.75 Å². The third-order valence-electron chi connectivity index (χ3n) is 2.05. The largest absolute Gasteiger partial charge is 0.508 e. The van der Waals surface area contributed by atoms with Crippen LogP contribution in [0.5, 0.6) is 5.75 Å². The summed E-state index contributed by atoms with van der Waals surface area (Å²) in [5.74, 6) is 0.150. The highest BCUT2D eigenvalue weighted by Crippen LogP contribution is 2.20. The van der Waals surface area contributed by atoms with E-state index in [0.717, 1.165) is 0 Å². The van der Waals surface area contributed by atoms with Gasteiger partial charge in [-0.15, -0.1) is 0 Å². The Balaban J connectivity index is 2.69. The fourth-order valence-corrected chi connectivity index (χ4v) is 1.19. The maximum atomic E-state index is 10.2. The van der Waals surface area contributed by atoms with Crippen molar-refractivity contribution in [3.8, 4) is 5.75 Å². The number of hydrogen-bond acceptors (Lipinski definition) is 3. The Hall–Kier alpha value is -1.75. The molecule has 0 aromatic heterocycles. The molecule has 1 unspecified atom stereocenters. The zero-order valence-electron chi connectivity index (χ0n) is 8.27. The molecule has 1 rings (SSSR count). The van der Waals surface area contributed by atoms with E-state index in [4.69, 9.17) is 5.11 Å². The van der Waals surface area contributed by atoms with Crippen LogP contribution in [0.25, 0.3) is 0 Å². The Labute approximate surface area is 87.0 Å². The molecular formula is C10H13NO4. The van der Waals surface area contributed by atoms with E-state index in [0.29, 0.717) is 11.1 Å². The SMILES string of the molecule is Cc1cc(C(O)CNC(=O)O)ccc1O. The number of aromatic hydroxyl groups is 1. The highest BCUT2D eigenvalue weighted by molar-refractivity contribution is 5.64. The monoisotopic (exact) mass is 211 g/mol. The number of rotatable bonds is 3. The summed E-state index contributed by atoms with van der Waals surface area (Å²) in [4.78, 5) is 10.2. The van der Waals surface area contributed by atoms with Crippen molar-refractivity contribution in [3.05, 3.63) is 29.3 Å². The predicted octanol–water partition coefficient (Wildman–Crippen LogP) is 1.00. The third-order valence-corrected chi connectivity index (χ3v) is 2.05. The fourth-order valence-electron chi connectivity index (χ4n) is 1.19. The fraction of sp³-hybridized carbons (Fsp3) is 0.300. The van der Waals surface area contributed by atoms with Crippen molar-refractivity contribution < 1.29 is 20.1 Å². The van der Waals surface area contributed by atoms with Gasteiger partial charge in [-0.25, -0.2) is 4.79 Å². The van der Waals surface area contributed by atoms with Crippen LogP contribution in [0.15, 0.2) is 18.2 Å². The summed E-state index contributed by atoms with van der Waals surface area (Å²) < 4.78 is 0. The van der Waals surface area contributed by atoms with Crippen LogP contribution in [0.4, 0.5) is 4.79 Å². The zero-order valence-corrected chi connectivity index (χ0v) is 8.27. The van der Waals surface area contributed by atoms with Gasteiger partial charge in [0, 0.05) is 0 Å². The van der Waals surface area contributed by atoms with E-state index in [-0.39, 0.29) is 12.3 Å². The van der Waals surface area contributed by atoms with Gasteiger partial charge in [-0.05, 0) is 30.2 Å². The van der Waals surface area contributed by atoms with Gasteiger partial charge in [-0.3, -0.25) is 0 Å². The first-order valence-corrected chi connectivity index (χ1v) is 4.45. The molecule has 82 valence electrons. The molecule has 4 N–H and O–H groups in total. The van der Waals surface area contributed by atoms with Crippen molar-refractivity contribution in [2.45, 2.75) is 13.0 Å². The van der Waals surface area contributed by atoms with E-state index < -0.39 is 12.2 Å². The van der Waals surface area contributed by atoms with Crippen molar-refractivity contribution in [2.75, 3.05) is 6.54 Å². The second kappa shape index (κ2) is 4.65. The number of aliphatic hydroxyl groups is 1. The molecule has 0 radical (unpaired) electrons. The number of nitrogens with one attached hydrogen (secondary N) is 1. The van der Waals surface area contributed by atoms with Crippen LogP contribution in [-0.2, 0) is 0 Å². The highest BCUT2D eigenvalue weighted by Gasteiger charge is 2.09. The minimum absolute atomic E-state index is 0.0699. The van der Waals surface area contributed by atoms with E-state index in [9.17, 15) is 15.0 Å². The first-order valence-electron chi connectivity index (χ1n) is 4.45. The number of aryl methyl sites for hydroxylation is 1. The van der Waals surface area contributed by atoms with Crippen LogP contribution in [0, 0.1) is 6.92 Å². The minimum Gasteiger partial charge on any atom is -0.508 e. The average molecular weight is 211 g/mol. The Morgan fingerprint density at radius 2 is 2.20 bits per heavy atom. The Morgan fingerprint density at radius 1 is 1.53 bits per heavy atom. The normalized spacial score (nSPS) is 12.1. The summed E-state index contributed by atoms with van der Waals surface area (Å²) in [7, 11) is 0. The van der Waals surface area contributed by atoms with Crippen molar-refractivity contribution >= 4 is 6.09 Å². The Morgan fingerprint density at radius 3 is 2.73 bits per heavy atom. The van der Waals surface area contributed by atoms with Crippen molar-refractivity contribution in [2.24, 2.45) is 0 Å². The molecule has 0 aliphatic carbocycles. The molecule has 1 aromatic carbocycles. The van der Waals surface area contributed by atoms with Crippen molar-refractivity contribution in [3.63, 3.8) is 0 Å². The lowest BCUT2D eigenvalue weighted by molar-refractivity contribution is 0.159. The van der Waals surface area contributed by atoms with Gasteiger partial charge in [-0.2, -0.15) is 0 Å². The minimum atomic E-state index is -1.18. The summed E-state index contributed by atoms with van der Waals surface area (Å²) in [5.41, 5.74) is 1.21. The molecule has 0 spiro atoms.